The molecule has 208 valence electrons. The SMILES string of the molecule is Cc1cc(CSc2ccc(F)cc2)c(C)c(C2C(C#N)=C(N)N(c3ccc([N+](=O)[O-])cc3Cl)C3=C2C(=O)CCC3)c1. The van der Waals surface area contributed by atoms with Gasteiger partial charge < -0.3 is 5.73 Å². The first-order valence-electron chi connectivity index (χ1n) is 13.0. The summed E-state index contributed by atoms with van der Waals surface area (Å²) in [6.45, 7) is 3.95. The van der Waals surface area contributed by atoms with Gasteiger partial charge in [0.15, 0.2) is 5.78 Å². The molecular weight excluding hydrogens is 563 g/mol. The molecule has 1 unspecified atom stereocenters. The van der Waals surface area contributed by atoms with Crippen LogP contribution in [0.15, 0.2) is 82.2 Å². The molecule has 0 amide bonds. The number of carbonyl (C=O) groups excluding carboxylic acids is 1. The molecule has 0 saturated carbocycles. The molecule has 0 fully saturated rings. The van der Waals surface area contributed by atoms with E-state index in [1.165, 1.54) is 30.3 Å². The summed E-state index contributed by atoms with van der Waals surface area (Å²) in [6, 6.07) is 16.7. The number of allylic oxidation sites excluding steroid dienone is 3. The summed E-state index contributed by atoms with van der Waals surface area (Å²) in [5.41, 5.74) is 12.1. The molecule has 10 heteroatoms. The molecule has 41 heavy (non-hydrogen) atoms. The fraction of sp³-hybridized carbons (Fsp3) is 0.226. The van der Waals surface area contributed by atoms with Gasteiger partial charge in [0.2, 0.25) is 0 Å². The highest BCUT2D eigenvalue weighted by Crippen LogP contribution is 2.49. The monoisotopic (exact) mass is 588 g/mol. The topological polar surface area (TPSA) is 113 Å². The Labute approximate surface area is 246 Å². The predicted molar refractivity (Wildman–Crippen MR) is 158 cm³/mol. The molecule has 0 bridgehead atoms. The molecule has 0 radical (unpaired) electrons. The van der Waals surface area contributed by atoms with Gasteiger partial charge in [-0.1, -0.05) is 29.3 Å². The van der Waals surface area contributed by atoms with E-state index in [1.54, 1.807) is 28.8 Å². The highest BCUT2D eigenvalue weighted by molar-refractivity contribution is 7.98. The Morgan fingerprint density at radius 1 is 1.17 bits per heavy atom. The van der Waals surface area contributed by atoms with Gasteiger partial charge in [-0.15, -0.1) is 11.8 Å². The van der Waals surface area contributed by atoms with Crippen molar-refractivity contribution in [2.45, 2.75) is 49.7 Å². The highest BCUT2D eigenvalue weighted by Gasteiger charge is 2.41. The summed E-state index contributed by atoms with van der Waals surface area (Å²) in [7, 11) is 0. The molecule has 1 aliphatic carbocycles. The molecular formula is C31H26ClFN4O3S. The number of rotatable bonds is 6. The van der Waals surface area contributed by atoms with Crippen LogP contribution in [-0.2, 0) is 10.5 Å². The minimum Gasteiger partial charge on any atom is -0.384 e. The minimum absolute atomic E-state index is 0.0670. The molecule has 1 heterocycles. The average molecular weight is 589 g/mol. The fourth-order valence-electron chi connectivity index (χ4n) is 5.57. The molecule has 3 aromatic rings. The van der Waals surface area contributed by atoms with Gasteiger partial charge >= 0.3 is 0 Å². The zero-order valence-electron chi connectivity index (χ0n) is 22.4. The van der Waals surface area contributed by atoms with Crippen molar-refractivity contribution in [2.24, 2.45) is 5.73 Å². The number of nitrogens with zero attached hydrogens (tertiary/aromatic N) is 3. The van der Waals surface area contributed by atoms with Crippen molar-refractivity contribution in [3.8, 4) is 6.07 Å². The molecule has 7 nitrogen and oxygen atoms in total. The maximum atomic E-state index is 13.6. The van der Waals surface area contributed by atoms with Gasteiger partial charge in [0.05, 0.1) is 33.2 Å². The Morgan fingerprint density at radius 3 is 2.56 bits per heavy atom. The van der Waals surface area contributed by atoms with Crippen LogP contribution in [0.3, 0.4) is 0 Å². The summed E-state index contributed by atoms with van der Waals surface area (Å²) < 4.78 is 13.4. The number of nitriles is 1. The van der Waals surface area contributed by atoms with E-state index in [1.807, 2.05) is 19.9 Å². The van der Waals surface area contributed by atoms with E-state index in [0.717, 1.165) is 27.1 Å². The lowest BCUT2D eigenvalue weighted by Gasteiger charge is -2.40. The van der Waals surface area contributed by atoms with Gasteiger partial charge in [-0.05, 0) is 73.7 Å². The number of hydrogen-bond donors (Lipinski definition) is 1. The largest absolute Gasteiger partial charge is 0.384 e. The fourth-order valence-corrected chi connectivity index (χ4v) is 6.78. The third-order valence-electron chi connectivity index (χ3n) is 7.52. The first-order valence-corrected chi connectivity index (χ1v) is 14.4. The Balaban J connectivity index is 1.64. The van der Waals surface area contributed by atoms with Gasteiger partial charge in [0.1, 0.15) is 11.6 Å². The average Bonchev–Trinajstić information content (AvgIpc) is 2.94. The van der Waals surface area contributed by atoms with E-state index in [4.69, 9.17) is 17.3 Å². The Morgan fingerprint density at radius 2 is 1.90 bits per heavy atom. The minimum atomic E-state index is -0.662. The first kappa shape index (κ1) is 28.4. The summed E-state index contributed by atoms with van der Waals surface area (Å²) >= 11 is 8.08. The van der Waals surface area contributed by atoms with E-state index < -0.39 is 10.8 Å². The number of benzene rings is 3. The van der Waals surface area contributed by atoms with Crippen molar-refractivity contribution in [3.05, 3.63) is 120 Å². The summed E-state index contributed by atoms with van der Waals surface area (Å²) in [6.07, 6.45) is 1.48. The van der Waals surface area contributed by atoms with Crippen LogP contribution in [0.25, 0.3) is 0 Å². The number of non-ortho nitro benzene ring substituents is 1. The van der Waals surface area contributed by atoms with Crippen LogP contribution >= 0.6 is 23.4 Å². The number of nitro groups is 1. The van der Waals surface area contributed by atoms with Gasteiger partial charge in [0, 0.05) is 40.5 Å². The molecule has 0 aromatic heterocycles. The molecule has 0 saturated heterocycles. The van der Waals surface area contributed by atoms with Crippen molar-refractivity contribution in [1.82, 2.24) is 0 Å². The highest BCUT2D eigenvalue weighted by atomic mass is 35.5. The normalized spacial score (nSPS) is 17.0. The molecule has 3 aromatic carbocycles. The van der Waals surface area contributed by atoms with Gasteiger partial charge in [-0.3, -0.25) is 19.8 Å². The number of thioether (sulfide) groups is 1. The van der Waals surface area contributed by atoms with Crippen molar-refractivity contribution in [1.29, 1.82) is 5.26 Å². The molecule has 2 aliphatic rings. The number of anilines is 1. The van der Waals surface area contributed by atoms with E-state index in [0.29, 0.717) is 42.0 Å². The lowest BCUT2D eigenvalue weighted by molar-refractivity contribution is -0.384. The number of nitro benzene ring substituents is 1. The molecule has 0 spiro atoms. The Kier molecular flexibility index (Phi) is 7.89. The number of aryl methyl sites for hydroxylation is 1. The summed E-state index contributed by atoms with van der Waals surface area (Å²) in [5, 5.41) is 21.8. The van der Waals surface area contributed by atoms with Gasteiger partial charge in [-0.2, -0.15) is 5.26 Å². The molecule has 1 atom stereocenters. The summed E-state index contributed by atoms with van der Waals surface area (Å²) in [5.74, 6) is -0.262. The van der Waals surface area contributed by atoms with Crippen molar-refractivity contribution >= 4 is 40.5 Å². The lowest BCUT2D eigenvalue weighted by Crippen LogP contribution is -2.39. The smallest absolute Gasteiger partial charge is 0.271 e. The van der Waals surface area contributed by atoms with E-state index in [-0.39, 0.29) is 33.7 Å². The van der Waals surface area contributed by atoms with E-state index >= 15 is 0 Å². The standard InChI is InChI=1S/C31H26ClFN4O3S/c1-17-12-19(16-41-22-9-6-20(33)7-10-22)18(2)23(13-17)29-24(15-34)31(35)36(27-4-3-5-28(38)30(27)29)26-11-8-21(37(39)40)14-25(26)32/h6-14,29H,3-5,16,35H2,1-2H3. The maximum absolute atomic E-state index is 13.6. The van der Waals surface area contributed by atoms with Crippen LogP contribution in [0, 0.1) is 41.1 Å². The molecule has 1 aliphatic heterocycles. The Bertz CT molecular complexity index is 1690. The van der Waals surface area contributed by atoms with Gasteiger partial charge in [-0.25, -0.2) is 4.39 Å². The van der Waals surface area contributed by atoms with Crippen LogP contribution in [0.5, 0.6) is 0 Å². The third-order valence-corrected chi connectivity index (χ3v) is 8.88. The quantitative estimate of drug-likeness (QED) is 0.179. The number of Topliss-reactive ketones (excluding diaryl/α,β-unsaturated/α-hetero) is 1. The zero-order chi connectivity index (χ0) is 29.4. The number of hydrogen-bond acceptors (Lipinski definition) is 7. The lowest BCUT2D eigenvalue weighted by atomic mass is 9.73. The van der Waals surface area contributed by atoms with Crippen LogP contribution in [0.1, 0.15) is 47.4 Å². The molecule has 2 N–H and O–H groups in total. The van der Waals surface area contributed by atoms with Crippen LogP contribution in [0.4, 0.5) is 15.8 Å². The predicted octanol–water partition coefficient (Wildman–Crippen LogP) is 7.60. The third kappa shape index (κ3) is 5.33. The first-order chi connectivity index (χ1) is 19.6. The maximum Gasteiger partial charge on any atom is 0.271 e. The number of ketones is 1. The van der Waals surface area contributed by atoms with Crippen molar-refractivity contribution in [3.63, 3.8) is 0 Å². The second-order valence-corrected chi connectivity index (χ2v) is 11.5. The number of carbonyl (C=O) groups is 1. The Hall–Kier alpha value is -4.13. The number of halogens is 2. The number of nitrogens with two attached hydrogens (primary N) is 1. The van der Waals surface area contributed by atoms with E-state index in [9.17, 15) is 24.6 Å². The van der Waals surface area contributed by atoms with Crippen molar-refractivity contribution in [2.75, 3.05) is 4.90 Å². The summed E-state index contributed by atoms with van der Waals surface area (Å²) in [4.78, 5) is 26.9. The van der Waals surface area contributed by atoms with Crippen LogP contribution in [-0.4, -0.2) is 10.7 Å². The second-order valence-electron chi connectivity index (χ2n) is 10.1. The van der Waals surface area contributed by atoms with Crippen LogP contribution in [0.2, 0.25) is 5.02 Å². The van der Waals surface area contributed by atoms with Gasteiger partial charge in [0.25, 0.3) is 5.69 Å². The van der Waals surface area contributed by atoms with E-state index in [2.05, 4.69) is 12.1 Å². The zero-order valence-corrected chi connectivity index (χ0v) is 24.0. The molecule has 5 rings (SSSR count). The van der Waals surface area contributed by atoms with Crippen molar-refractivity contribution < 1.29 is 14.1 Å². The van der Waals surface area contributed by atoms with Crippen LogP contribution < -0.4 is 10.6 Å². The second kappa shape index (κ2) is 11.4.